The Bertz CT molecular complexity index is 546. The molecule has 1 heterocycles. The van der Waals surface area contributed by atoms with E-state index in [1.807, 2.05) is 30.8 Å². The molecule has 0 atom stereocenters. The van der Waals surface area contributed by atoms with E-state index in [4.69, 9.17) is 5.73 Å². The number of aryl methyl sites for hydroxylation is 3. The number of nitrogen functional groups attached to an aromatic ring is 1. The molecule has 18 heavy (non-hydrogen) atoms. The Morgan fingerprint density at radius 3 is 2.78 bits per heavy atom. The highest BCUT2D eigenvalue weighted by Gasteiger charge is 2.06. The van der Waals surface area contributed by atoms with Crippen LogP contribution in [0.4, 0.5) is 5.69 Å². The minimum atomic E-state index is 0.822. The first kappa shape index (κ1) is 13.0. The molecular formula is C14H19N3S. The highest BCUT2D eigenvalue weighted by atomic mass is 32.2. The minimum Gasteiger partial charge on any atom is -0.399 e. The third-order valence-electron chi connectivity index (χ3n) is 2.87. The molecule has 4 heteroatoms. The highest BCUT2D eigenvalue weighted by Crippen LogP contribution is 2.28. The van der Waals surface area contributed by atoms with Gasteiger partial charge in [-0.3, -0.25) is 4.68 Å². The largest absolute Gasteiger partial charge is 0.399 e. The van der Waals surface area contributed by atoms with Crippen LogP contribution in [0.5, 0.6) is 0 Å². The summed E-state index contributed by atoms with van der Waals surface area (Å²) in [5.74, 6) is 0.930. The summed E-state index contributed by atoms with van der Waals surface area (Å²) in [6.45, 7) is 7.18. The van der Waals surface area contributed by atoms with Crippen LogP contribution in [0.25, 0.3) is 0 Å². The van der Waals surface area contributed by atoms with Crippen molar-refractivity contribution in [3.63, 3.8) is 0 Å². The van der Waals surface area contributed by atoms with Gasteiger partial charge in [0.25, 0.3) is 0 Å². The van der Waals surface area contributed by atoms with Gasteiger partial charge in [-0.1, -0.05) is 6.07 Å². The number of nitrogens with zero attached hydrogens (tertiary/aromatic N) is 2. The maximum absolute atomic E-state index is 5.83. The predicted octanol–water partition coefficient (Wildman–Crippen LogP) is 3.39. The Morgan fingerprint density at radius 2 is 2.06 bits per heavy atom. The number of thioether (sulfide) groups is 1. The van der Waals surface area contributed by atoms with Crippen LogP contribution >= 0.6 is 11.8 Å². The van der Waals surface area contributed by atoms with Gasteiger partial charge in [0, 0.05) is 28.6 Å². The monoisotopic (exact) mass is 261 g/mol. The standard InChI is InChI=1S/C14H19N3S/c1-4-17-13(7-11(3)16-17)9-18-14-8-12(15)6-5-10(14)2/h5-8H,4,9,15H2,1-3H3. The van der Waals surface area contributed by atoms with Crippen molar-refractivity contribution in [2.45, 2.75) is 38.0 Å². The molecule has 2 rings (SSSR count). The highest BCUT2D eigenvalue weighted by molar-refractivity contribution is 7.98. The van der Waals surface area contributed by atoms with Gasteiger partial charge in [0.1, 0.15) is 0 Å². The Morgan fingerprint density at radius 1 is 1.28 bits per heavy atom. The van der Waals surface area contributed by atoms with Gasteiger partial charge in [0.2, 0.25) is 0 Å². The molecule has 0 fully saturated rings. The smallest absolute Gasteiger partial charge is 0.0596 e. The van der Waals surface area contributed by atoms with Crippen molar-refractivity contribution in [3.8, 4) is 0 Å². The second kappa shape index (κ2) is 5.48. The molecule has 0 spiro atoms. The van der Waals surface area contributed by atoms with Crippen molar-refractivity contribution >= 4 is 17.4 Å². The van der Waals surface area contributed by atoms with Gasteiger partial charge < -0.3 is 5.73 Å². The zero-order chi connectivity index (χ0) is 13.1. The van der Waals surface area contributed by atoms with Crippen LogP contribution in [0.2, 0.25) is 0 Å². The van der Waals surface area contributed by atoms with Gasteiger partial charge in [-0.2, -0.15) is 5.10 Å². The summed E-state index contributed by atoms with van der Waals surface area (Å²) >= 11 is 1.82. The molecule has 0 saturated carbocycles. The van der Waals surface area contributed by atoms with E-state index in [9.17, 15) is 0 Å². The van der Waals surface area contributed by atoms with Gasteiger partial charge in [0.05, 0.1) is 5.69 Å². The molecule has 1 aromatic carbocycles. The fraction of sp³-hybridized carbons (Fsp3) is 0.357. The lowest BCUT2D eigenvalue weighted by Crippen LogP contribution is -2.01. The Hall–Kier alpha value is -1.42. The summed E-state index contributed by atoms with van der Waals surface area (Å²) in [7, 11) is 0. The second-order valence-corrected chi connectivity index (χ2v) is 5.42. The molecule has 2 N–H and O–H groups in total. The molecule has 0 aliphatic rings. The fourth-order valence-corrected chi connectivity index (χ4v) is 2.96. The maximum Gasteiger partial charge on any atom is 0.0596 e. The molecule has 96 valence electrons. The van der Waals surface area contributed by atoms with Crippen LogP contribution in [0.15, 0.2) is 29.2 Å². The van der Waals surface area contributed by atoms with Gasteiger partial charge >= 0.3 is 0 Å². The maximum atomic E-state index is 5.83. The van der Waals surface area contributed by atoms with Gasteiger partial charge in [0.15, 0.2) is 0 Å². The number of aromatic nitrogens is 2. The molecule has 0 unspecified atom stereocenters. The van der Waals surface area contributed by atoms with Crippen molar-refractivity contribution < 1.29 is 0 Å². The zero-order valence-corrected chi connectivity index (χ0v) is 11.9. The van der Waals surface area contributed by atoms with Crippen molar-refractivity contribution in [3.05, 3.63) is 41.2 Å². The van der Waals surface area contributed by atoms with Crippen LogP contribution in [-0.4, -0.2) is 9.78 Å². The lowest BCUT2D eigenvalue weighted by molar-refractivity contribution is 0.632. The summed E-state index contributed by atoms with van der Waals surface area (Å²) < 4.78 is 2.06. The molecule has 0 amide bonds. The first-order valence-electron chi connectivity index (χ1n) is 6.12. The first-order valence-corrected chi connectivity index (χ1v) is 7.11. The van der Waals surface area contributed by atoms with Crippen molar-refractivity contribution in [1.82, 2.24) is 9.78 Å². The number of anilines is 1. The second-order valence-electron chi connectivity index (χ2n) is 4.41. The fourth-order valence-electron chi connectivity index (χ4n) is 1.91. The van der Waals surface area contributed by atoms with Crippen molar-refractivity contribution in [2.75, 3.05) is 5.73 Å². The van der Waals surface area contributed by atoms with Crippen molar-refractivity contribution in [1.29, 1.82) is 0 Å². The van der Waals surface area contributed by atoms with Crippen LogP contribution in [0.1, 0.15) is 23.9 Å². The van der Waals surface area contributed by atoms with E-state index < -0.39 is 0 Å². The van der Waals surface area contributed by atoms with E-state index in [-0.39, 0.29) is 0 Å². The molecule has 2 aromatic rings. The van der Waals surface area contributed by atoms with Gasteiger partial charge in [-0.25, -0.2) is 0 Å². The number of rotatable bonds is 4. The molecule has 0 aliphatic heterocycles. The Balaban J connectivity index is 2.13. The first-order chi connectivity index (χ1) is 8.60. The van der Waals surface area contributed by atoms with E-state index in [0.717, 1.165) is 23.7 Å². The number of hydrogen-bond donors (Lipinski definition) is 1. The summed E-state index contributed by atoms with van der Waals surface area (Å²) in [6.07, 6.45) is 0. The van der Waals surface area contributed by atoms with E-state index in [2.05, 4.69) is 35.8 Å². The summed E-state index contributed by atoms with van der Waals surface area (Å²) in [5.41, 5.74) is 10.3. The lowest BCUT2D eigenvalue weighted by Gasteiger charge is -2.07. The third-order valence-corrected chi connectivity index (χ3v) is 4.06. The molecule has 1 aromatic heterocycles. The van der Waals surface area contributed by atoms with Crippen molar-refractivity contribution in [2.24, 2.45) is 0 Å². The summed E-state index contributed by atoms with van der Waals surface area (Å²) in [4.78, 5) is 1.25. The van der Waals surface area contributed by atoms with Crippen LogP contribution < -0.4 is 5.73 Å². The number of nitrogens with two attached hydrogens (primary N) is 1. The van der Waals surface area contributed by atoms with Crippen LogP contribution in [-0.2, 0) is 12.3 Å². The third kappa shape index (κ3) is 2.88. The van der Waals surface area contributed by atoms with E-state index >= 15 is 0 Å². The lowest BCUT2D eigenvalue weighted by atomic mass is 10.2. The van der Waals surface area contributed by atoms with E-state index in [1.165, 1.54) is 16.2 Å². The van der Waals surface area contributed by atoms with Crippen LogP contribution in [0, 0.1) is 13.8 Å². The topological polar surface area (TPSA) is 43.8 Å². The average molecular weight is 261 g/mol. The molecular weight excluding hydrogens is 242 g/mol. The normalized spacial score (nSPS) is 10.8. The Labute approximate surface area is 112 Å². The predicted molar refractivity (Wildman–Crippen MR) is 77.8 cm³/mol. The molecule has 0 bridgehead atoms. The van der Waals surface area contributed by atoms with E-state index in [1.54, 1.807) is 0 Å². The molecule has 0 radical (unpaired) electrons. The average Bonchev–Trinajstić information content (AvgIpc) is 2.71. The number of hydrogen-bond acceptors (Lipinski definition) is 3. The molecule has 3 nitrogen and oxygen atoms in total. The number of benzene rings is 1. The molecule has 0 saturated heterocycles. The summed E-state index contributed by atoms with van der Waals surface area (Å²) in [5, 5.41) is 4.46. The zero-order valence-electron chi connectivity index (χ0n) is 11.1. The quantitative estimate of drug-likeness (QED) is 0.677. The van der Waals surface area contributed by atoms with Crippen LogP contribution in [0.3, 0.4) is 0 Å². The molecule has 0 aliphatic carbocycles. The SMILES string of the molecule is CCn1nc(C)cc1CSc1cc(N)ccc1C. The minimum absolute atomic E-state index is 0.822. The van der Waals surface area contributed by atoms with Gasteiger partial charge in [-0.05, 0) is 44.5 Å². The summed E-state index contributed by atoms with van der Waals surface area (Å²) in [6, 6.07) is 8.21. The van der Waals surface area contributed by atoms with E-state index in [0.29, 0.717) is 0 Å². The Kier molecular flexibility index (Phi) is 3.97. The van der Waals surface area contributed by atoms with Gasteiger partial charge in [-0.15, -0.1) is 11.8 Å².